The molecule has 2 aromatic carbocycles. The number of nitrogens with zero attached hydrogens (tertiary/aromatic N) is 1. The molecular weight excluding hydrogens is 420 g/mol. The number of hydrogen-bond donors (Lipinski definition) is 1. The number of nitrogens with one attached hydrogen (secondary N) is 1. The zero-order valence-electron chi connectivity index (χ0n) is 18.9. The Kier molecular flexibility index (Phi) is 5.72. The molecule has 1 atom stereocenters. The van der Waals surface area contributed by atoms with Crippen LogP contribution in [0.2, 0.25) is 0 Å². The third kappa shape index (κ3) is 3.86. The van der Waals surface area contributed by atoms with E-state index in [-0.39, 0.29) is 23.5 Å². The predicted molar refractivity (Wildman–Crippen MR) is 126 cm³/mol. The fourth-order valence-corrected chi connectivity index (χ4v) is 4.39. The summed E-state index contributed by atoms with van der Waals surface area (Å²) >= 11 is 0. The fourth-order valence-electron chi connectivity index (χ4n) is 4.39. The molecule has 1 N–H and O–H groups in total. The van der Waals surface area contributed by atoms with E-state index < -0.39 is 17.9 Å². The van der Waals surface area contributed by atoms with E-state index in [1.54, 1.807) is 66.9 Å². The van der Waals surface area contributed by atoms with E-state index in [2.05, 4.69) is 4.98 Å². The van der Waals surface area contributed by atoms with Gasteiger partial charge in [0.1, 0.15) is 6.54 Å². The largest absolute Gasteiger partial charge is 0.453 e. The van der Waals surface area contributed by atoms with Crippen molar-refractivity contribution in [3.8, 4) is 0 Å². The van der Waals surface area contributed by atoms with Gasteiger partial charge in [-0.2, -0.15) is 0 Å². The molecule has 168 valence electrons. The predicted octanol–water partition coefficient (Wildman–Crippen LogP) is 4.12. The van der Waals surface area contributed by atoms with E-state index in [9.17, 15) is 19.2 Å². The number of ketones is 2. The summed E-state index contributed by atoms with van der Waals surface area (Å²) in [7, 11) is 0. The van der Waals surface area contributed by atoms with Crippen LogP contribution in [0.25, 0.3) is 21.8 Å². The van der Waals surface area contributed by atoms with Crippen LogP contribution in [0, 0.1) is 13.8 Å². The highest BCUT2D eigenvalue weighted by Crippen LogP contribution is 2.22. The van der Waals surface area contributed by atoms with Gasteiger partial charge in [-0.05, 0) is 57.5 Å². The molecule has 2 heterocycles. The molecule has 0 bridgehead atoms. The summed E-state index contributed by atoms with van der Waals surface area (Å²) < 4.78 is 7.20. The van der Waals surface area contributed by atoms with E-state index in [0.717, 1.165) is 0 Å². The Morgan fingerprint density at radius 3 is 2.03 bits per heavy atom. The first-order valence-corrected chi connectivity index (χ1v) is 10.6. The highest BCUT2D eigenvalue weighted by Gasteiger charge is 2.26. The van der Waals surface area contributed by atoms with Gasteiger partial charge in [-0.1, -0.05) is 24.3 Å². The van der Waals surface area contributed by atoms with Gasteiger partial charge in [0.15, 0.2) is 17.3 Å². The van der Waals surface area contributed by atoms with Gasteiger partial charge in [0.2, 0.25) is 5.78 Å². The first-order valence-electron chi connectivity index (χ1n) is 10.6. The summed E-state index contributed by atoms with van der Waals surface area (Å²) in [6.45, 7) is 6.20. The quantitative estimate of drug-likeness (QED) is 0.274. The number of aromatic nitrogens is 2. The number of benzene rings is 2. The summed E-state index contributed by atoms with van der Waals surface area (Å²) in [6.07, 6.45) is -1.05. The first kappa shape index (κ1) is 22.2. The number of aromatic amines is 1. The Hall–Kier alpha value is -4.00. The van der Waals surface area contributed by atoms with E-state index in [1.807, 2.05) is 0 Å². The number of aryl methyl sites for hydroxylation is 1. The third-order valence-electron chi connectivity index (χ3n) is 5.88. The summed E-state index contributed by atoms with van der Waals surface area (Å²) in [5.41, 5.74) is 3.00. The van der Waals surface area contributed by atoms with Gasteiger partial charge in [-0.25, -0.2) is 0 Å². The molecule has 0 fully saturated rings. The maximum absolute atomic E-state index is 12.9. The third-order valence-corrected chi connectivity index (χ3v) is 5.88. The molecule has 0 aliphatic rings. The molecule has 1 unspecified atom stereocenters. The van der Waals surface area contributed by atoms with Crippen molar-refractivity contribution in [3.05, 3.63) is 81.3 Å². The van der Waals surface area contributed by atoms with Crippen LogP contribution in [-0.2, 0) is 16.1 Å². The molecular formula is C26H24N2O5. The second kappa shape index (κ2) is 8.50. The molecule has 4 rings (SSSR count). The van der Waals surface area contributed by atoms with Crippen LogP contribution in [0.5, 0.6) is 0 Å². The van der Waals surface area contributed by atoms with Crippen LogP contribution in [-0.4, -0.2) is 33.2 Å². The number of para-hydroxylation sites is 2. The monoisotopic (exact) mass is 444 g/mol. The molecule has 4 aromatic rings. The van der Waals surface area contributed by atoms with Crippen molar-refractivity contribution in [2.75, 3.05) is 0 Å². The van der Waals surface area contributed by atoms with Crippen molar-refractivity contribution in [3.63, 3.8) is 0 Å². The lowest BCUT2D eigenvalue weighted by atomic mass is 10.0. The van der Waals surface area contributed by atoms with Gasteiger partial charge in [0, 0.05) is 22.0 Å². The Morgan fingerprint density at radius 2 is 1.52 bits per heavy atom. The number of carbonyl (C=O) groups is 3. The molecule has 0 spiro atoms. The van der Waals surface area contributed by atoms with Gasteiger partial charge < -0.3 is 14.3 Å². The number of H-pyrrole nitrogens is 1. The van der Waals surface area contributed by atoms with Gasteiger partial charge in [0.05, 0.1) is 16.7 Å². The van der Waals surface area contributed by atoms with Crippen molar-refractivity contribution in [2.45, 2.75) is 40.3 Å². The molecule has 0 aliphatic heterocycles. The topological polar surface area (TPSA) is 98.2 Å². The summed E-state index contributed by atoms with van der Waals surface area (Å²) in [4.78, 5) is 53.5. The van der Waals surface area contributed by atoms with Crippen LogP contribution in [0.3, 0.4) is 0 Å². The highest BCUT2D eigenvalue weighted by molar-refractivity contribution is 6.05. The normalized spacial score (nSPS) is 12.1. The van der Waals surface area contributed by atoms with Gasteiger partial charge in [0.25, 0.3) is 0 Å². The highest BCUT2D eigenvalue weighted by atomic mass is 16.5. The van der Waals surface area contributed by atoms with Crippen LogP contribution in [0.1, 0.15) is 46.0 Å². The Morgan fingerprint density at radius 1 is 0.970 bits per heavy atom. The number of rotatable bonds is 6. The number of ether oxygens (including phenoxy) is 1. The van der Waals surface area contributed by atoms with Crippen molar-refractivity contribution >= 4 is 39.3 Å². The molecule has 0 saturated carbocycles. The lowest BCUT2D eigenvalue weighted by molar-refractivity contribution is -0.146. The summed E-state index contributed by atoms with van der Waals surface area (Å²) in [5, 5.41) is 1.00. The van der Waals surface area contributed by atoms with E-state index in [0.29, 0.717) is 38.6 Å². The minimum atomic E-state index is -1.05. The standard InChI is InChI=1S/C26H24N2O5/c1-14-23(16(3)29)15(2)27-24(14)25(31)17(4)33-22(30)13-28-20-11-7-5-9-18(20)26(32)19-10-6-8-12-21(19)28/h5-12,17,27H,13H2,1-4H3. The molecule has 2 aromatic heterocycles. The number of pyridine rings is 1. The van der Waals surface area contributed by atoms with Crippen molar-refractivity contribution < 1.29 is 19.1 Å². The van der Waals surface area contributed by atoms with Gasteiger partial charge in [-0.3, -0.25) is 19.2 Å². The molecule has 0 amide bonds. The van der Waals surface area contributed by atoms with Crippen LogP contribution >= 0.6 is 0 Å². The SMILES string of the molecule is CC(=O)c1c(C)[nH]c(C(=O)C(C)OC(=O)Cn2c3ccccc3c(=O)c3ccccc32)c1C. The minimum absolute atomic E-state index is 0.103. The Balaban J connectivity index is 1.64. The maximum Gasteiger partial charge on any atom is 0.326 e. The van der Waals surface area contributed by atoms with Gasteiger partial charge >= 0.3 is 5.97 Å². The fraction of sp³-hybridized carbons (Fsp3) is 0.231. The van der Waals surface area contributed by atoms with Crippen molar-refractivity contribution in [1.82, 2.24) is 9.55 Å². The number of Topliss-reactive ketones (excluding diaryl/α,β-unsaturated/α-hetero) is 2. The molecule has 0 saturated heterocycles. The summed E-state index contributed by atoms with van der Waals surface area (Å²) in [6, 6.07) is 14.2. The van der Waals surface area contributed by atoms with Crippen LogP contribution in [0.15, 0.2) is 53.3 Å². The second-order valence-corrected chi connectivity index (χ2v) is 8.13. The number of fused-ring (bicyclic) bond motifs is 2. The molecule has 33 heavy (non-hydrogen) atoms. The van der Waals surface area contributed by atoms with Crippen molar-refractivity contribution in [2.24, 2.45) is 0 Å². The second-order valence-electron chi connectivity index (χ2n) is 8.13. The lowest BCUT2D eigenvalue weighted by Gasteiger charge is -2.17. The minimum Gasteiger partial charge on any atom is -0.453 e. The van der Waals surface area contributed by atoms with Crippen molar-refractivity contribution in [1.29, 1.82) is 0 Å². The zero-order chi connectivity index (χ0) is 23.9. The van der Waals surface area contributed by atoms with Crippen LogP contribution < -0.4 is 5.43 Å². The number of hydrogen-bond acceptors (Lipinski definition) is 5. The zero-order valence-corrected chi connectivity index (χ0v) is 18.9. The number of carbonyl (C=O) groups excluding carboxylic acids is 3. The average molecular weight is 444 g/mol. The lowest BCUT2D eigenvalue weighted by Crippen LogP contribution is -2.28. The molecule has 7 nitrogen and oxygen atoms in total. The maximum atomic E-state index is 12.9. The smallest absolute Gasteiger partial charge is 0.326 e. The molecule has 7 heteroatoms. The van der Waals surface area contributed by atoms with Gasteiger partial charge in [-0.15, -0.1) is 0 Å². The molecule has 0 aliphatic carbocycles. The first-order chi connectivity index (χ1) is 15.7. The molecule has 0 radical (unpaired) electrons. The Labute approximate surface area is 190 Å². The van der Waals surface area contributed by atoms with E-state index >= 15 is 0 Å². The van der Waals surface area contributed by atoms with Crippen LogP contribution in [0.4, 0.5) is 0 Å². The Bertz CT molecular complexity index is 1430. The van der Waals surface area contributed by atoms with E-state index in [1.165, 1.54) is 13.8 Å². The number of esters is 1. The summed E-state index contributed by atoms with van der Waals surface area (Å²) in [5.74, 6) is -1.16. The average Bonchev–Trinajstić information content (AvgIpc) is 3.09. The van der Waals surface area contributed by atoms with E-state index in [4.69, 9.17) is 4.74 Å².